The van der Waals surface area contributed by atoms with Crippen LogP contribution in [-0.2, 0) is 9.59 Å². The minimum atomic E-state index is -1.34. The van der Waals surface area contributed by atoms with E-state index in [4.69, 9.17) is 22.4 Å². The van der Waals surface area contributed by atoms with E-state index in [0.717, 1.165) is 0 Å². The van der Waals surface area contributed by atoms with E-state index in [1.165, 1.54) is 0 Å². The highest BCUT2D eigenvalue weighted by atomic mass is 35.5. The Hall–Kier alpha value is -0.810. The largest absolute Gasteiger partial charge is 0.381 e. The van der Waals surface area contributed by atoms with Gasteiger partial charge in [-0.15, -0.1) is 11.6 Å². The van der Waals surface area contributed by atoms with E-state index >= 15 is 0 Å². The molecule has 0 spiro atoms. The molecule has 76 valence electrons. The summed E-state index contributed by atoms with van der Waals surface area (Å²) in [4.78, 5) is 21.4. The third-order valence-electron chi connectivity index (χ3n) is 1.48. The normalized spacial score (nSPS) is 14.7. The Kier molecular flexibility index (Phi) is 5.41. The molecule has 5 nitrogen and oxygen atoms in total. The van der Waals surface area contributed by atoms with Crippen molar-refractivity contribution in [2.45, 2.75) is 13.0 Å². The van der Waals surface area contributed by atoms with E-state index in [0.29, 0.717) is 0 Å². The molecule has 0 aromatic heterocycles. The average molecular weight is 209 g/mol. The maximum Gasteiger partial charge on any atom is 0.248 e. The van der Waals surface area contributed by atoms with Crippen LogP contribution in [0.15, 0.2) is 0 Å². The third kappa shape index (κ3) is 4.69. The fourth-order valence-electron chi connectivity index (χ4n) is 0.542. The van der Waals surface area contributed by atoms with Crippen LogP contribution in [0, 0.1) is 5.92 Å². The molecule has 0 heterocycles. The molecule has 2 atom stereocenters. The molecule has 0 aliphatic heterocycles. The summed E-state index contributed by atoms with van der Waals surface area (Å²) in [6.45, 7) is 1.47. The number of carbonyl (C=O) groups is 2. The van der Waals surface area contributed by atoms with Crippen molar-refractivity contribution < 1.29 is 14.7 Å². The minimum absolute atomic E-state index is 0.171. The average Bonchev–Trinajstić information content (AvgIpc) is 2.11. The van der Waals surface area contributed by atoms with Crippen molar-refractivity contribution in [3.8, 4) is 0 Å². The number of nitrogens with one attached hydrogen (secondary N) is 1. The number of hydrogen-bond donors (Lipinski definition) is 3. The molecule has 2 amide bonds. The van der Waals surface area contributed by atoms with Crippen molar-refractivity contribution in [3.05, 3.63) is 0 Å². The number of amides is 2. The molecular weight excluding hydrogens is 196 g/mol. The predicted octanol–water partition coefficient (Wildman–Crippen LogP) is -1.18. The fourth-order valence-corrected chi connectivity index (χ4v) is 0.682. The molecule has 0 fully saturated rings. The van der Waals surface area contributed by atoms with Gasteiger partial charge in [-0.25, -0.2) is 0 Å². The number of primary amides is 1. The van der Waals surface area contributed by atoms with E-state index in [2.05, 4.69) is 5.32 Å². The molecule has 0 radical (unpaired) electrons. The number of aliphatic hydroxyl groups excluding tert-OH is 1. The first-order chi connectivity index (χ1) is 5.99. The third-order valence-corrected chi connectivity index (χ3v) is 1.94. The number of alkyl halides is 1. The molecule has 0 aliphatic carbocycles. The lowest BCUT2D eigenvalue weighted by Gasteiger charge is -2.11. The molecule has 4 N–H and O–H groups in total. The highest BCUT2D eigenvalue weighted by molar-refractivity contribution is 6.19. The van der Waals surface area contributed by atoms with Gasteiger partial charge in [0.1, 0.15) is 6.10 Å². The van der Waals surface area contributed by atoms with Crippen LogP contribution in [0.4, 0.5) is 0 Å². The molecular formula is C7H13ClN2O3. The zero-order valence-electron chi connectivity index (χ0n) is 7.29. The summed E-state index contributed by atoms with van der Waals surface area (Å²) in [6, 6.07) is 0. The van der Waals surface area contributed by atoms with Crippen LogP contribution >= 0.6 is 11.6 Å². The van der Waals surface area contributed by atoms with Crippen LogP contribution in [0.3, 0.4) is 0 Å². The van der Waals surface area contributed by atoms with Gasteiger partial charge in [-0.3, -0.25) is 9.59 Å². The summed E-state index contributed by atoms with van der Waals surface area (Å²) < 4.78 is 0. The Morgan fingerprint density at radius 1 is 1.62 bits per heavy atom. The van der Waals surface area contributed by atoms with Crippen molar-refractivity contribution >= 4 is 23.4 Å². The second kappa shape index (κ2) is 5.77. The number of carbonyl (C=O) groups excluding carboxylic acids is 2. The molecule has 0 saturated carbocycles. The van der Waals surface area contributed by atoms with Gasteiger partial charge in [-0.1, -0.05) is 6.92 Å². The van der Waals surface area contributed by atoms with Gasteiger partial charge in [0.05, 0.1) is 6.54 Å². The first-order valence-corrected chi connectivity index (χ1v) is 4.33. The van der Waals surface area contributed by atoms with Gasteiger partial charge in [0.15, 0.2) is 0 Å². The van der Waals surface area contributed by atoms with Crippen molar-refractivity contribution in [1.29, 1.82) is 0 Å². The highest BCUT2D eigenvalue weighted by Gasteiger charge is 2.15. The Morgan fingerprint density at radius 2 is 2.15 bits per heavy atom. The maximum absolute atomic E-state index is 11.0. The van der Waals surface area contributed by atoms with Gasteiger partial charge in [0, 0.05) is 11.8 Å². The summed E-state index contributed by atoms with van der Waals surface area (Å²) in [5.41, 5.74) is 4.76. The summed E-state index contributed by atoms with van der Waals surface area (Å²) in [5, 5.41) is 11.2. The van der Waals surface area contributed by atoms with E-state index < -0.39 is 12.0 Å². The van der Waals surface area contributed by atoms with Crippen LogP contribution in [0.2, 0.25) is 0 Å². The first-order valence-electron chi connectivity index (χ1n) is 3.80. The molecule has 0 rings (SSSR count). The number of rotatable bonds is 5. The number of hydrogen-bond acceptors (Lipinski definition) is 3. The quantitative estimate of drug-likeness (QED) is 0.497. The van der Waals surface area contributed by atoms with Gasteiger partial charge in [0.25, 0.3) is 0 Å². The van der Waals surface area contributed by atoms with Crippen molar-refractivity contribution in [1.82, 2.24) is 5.32 Å². The van der Waals surface area contributed by atoms with E-state index in [1.54, 1.807) is 6.92 Å². The lowest BCUT2D eigenvalue weighted by molar-refractivity contribution is -0.127. The molecule has 0 bridgehead atoms. The van der Waals surface area contributed by atoms with E-state index in [9.17, 15) is 9.59 Å². The Labute approximate surface area is 81.2 Å². The van der Waals surface area contributed by atoms with Crippen molar-refractivity contribution in [2.24, 2.45) is 11.7 Å². The maximum atomic E-state index is 11.0. The summed E-state index contributed by atoms with van der Waals surface area (Å²) in [7, 11) is 0. The second-order valence-electron chi connectivity index (χ2n) is 2.72. The van der Waals surface area contributed by atoms with Crippen LogP contribution < -0.4 is 11.1 Å². The number of nitrogens with two attached hydrogens (primary N) is 1. The Balaban J connectivity index is 3.76. The highest BCUT2D eigenvalue weighted by Crippen LogP contribution is 1.96. The van der Waals surface area contributed by atoms with Gasteiger partial charge >= 0.3 is 0 Å². The lowest BCUT2D eigenvalue weighted by atomic mass is 10.2. The molecule has 0 aromatic rings. The topological polar surface area (TPSA) is 92.4 Å². The predicted molar refractivity (Wildman–Crippen MR) is 48.1 cm³/mol. The fraction of sp³-hybridized carbons (Fsp3) is 0.714. The summed E-state index contributed by atoms with van der Waals surface area (Å²) in [5.74, 6) is -1.32. The smallest absolute Gasteiger partial charge is 0.248 e. The van der Waals surface area contributed by atoms with Gasteiger partial charge in [0.2, 0.25) is 11.8 Å². The van der Waals surface area contributed by atoms with Gasteiger partial charge in [-0.2, -0.15) is 0 Å². The van der Waals surface area contributed by atoms with E-state index in [-0.39, 0.29) is 24.2 Å². The van der Waals surface area contributed by atoms with Gasteiger partial charge < -0.3 is 16.2 Å². The molecule has 0 saturated heterocycles. The van der Waals surface area contributed by atoms with Gasteiger partial charge in [-0.05, 0) is 0 Å². The molecule has 2 unspecified atom stereocenters. The standard InChI is InChI=1S/C7H13ClN2O3/c1-4(2-8)7(13)10-3-5(11)6(9)12/h4-5,11H,2-3H2,1H3,(H2,9,12)(H,10,13). The number of halogens is 1. The zero-order chi connectivity index (χ0) is 10.4. The van der Waals surface area contributed by atoms with Crippen molar-refractivity contribution in [3.63, 3.8) is 0 Å². The molecule has 0 aliphatic rings. The monoisotopic (exact) mass is 208 g/mol. The SMILES string of the molecule is CC(CCl)C(=O)NCC(O)C(N)=O. The summed E-state index contributed by atoms with van der Waals surface area (Å²) in [6.07, 6.45) is -1.34. The molecule has 0 aromatic carbocycles. The number of aliphatic hydroxyl groups is 1. The first kappa shape index (κ1) is 12.2. The molecule has 6 heteroatoms. The van der Waals surface area contributed by atoms with Crippen LogP contribution in [0.5, 0.6) is 0 Å². The Bertz CT molecular complexity index is 198. The lowest BCUT2D eigenvalue weighted by Crippen LogP contribution is -2.41. The minimum Gasteiger partial charge on any atom is -0.381 e. The molecule has 13 heavy (non-hydrogen) atoms. The Morgan fingerprint density at radius 3 is 2.54 bits per heavy atom. The van der Waals surface area contributed by atoms with Crippen molar-refractivity contribution in [2.75, 3.05) is 12.4 Å². The van der Waals surface area contributed by atoms with Crippen LogP contribution in [0.1, 0.15) is 6.92 Å². The second-order valence-corrected chi connectivity index (χ2v) is 3.03. The zero-order valence-corrected chi connectivity index (χ0v) is 8.04. The van der Waals surface area contributed by atoms with Crippen LogP contribution in [-0.4, -0.2) is 35.4 Å². The van der Waals surface area contributed by atoms with Crippen LogP contribution in [0.25, 0.3) is 0 Å². The summed E-state index contributed by atoms with van der Waals surface area (Å²) >= 11 is 5.41. The van der Waals surface area contributed by atoms with E-state index in [1.807, 2.05) is 0 Å².